The number of nitrogens with one attached hydrogen (secondary N) is 1. The zero-order chi connectivity index (χ0) is 11.1. The van der Waals surface area contributed by atoms with Crippen molar-refractivity contribution in [3.63, 3.8) is 0 Å². The van der Waals surface area contributed by atoms with Gasteiger partial charge in [-0.2, -0.15) is 0 Å². The van der Waals surface area contributed by atoms with Crippen LogP contribution in [0.3, 0.4) is 0 Å². The molecular weight excluding hydrogens is 194 g/mol. The summed E-state index contributed by atoms with van der Waals surface area (Å²) in [5, 5.41) is 20.0. The molecule has 0 saturated carbocycles. The van der Waals surface area contributed by atoms with E-state index in [2.05, 4.69) is 5.32 Å². The van der Waals surface area contributed by atoms with Crippen molar-refractivity contribution in [3.8, 4) is 0 Å². The third-order valence-corrected chi connectivity index (χ3v) is 2.02. The van der Waals surface area contributed by atoms with Gasteiger partial charge in [-0.25, -0.2) is 0 Å². The second kappa shape index (κ2) is 6.16. The van der Waals surface area contributed by atoms with Gasteiger partial charge in [-0.05, 0) is 24.1 Å². The Morgan fingerprint density at radius 1 is 1.20 bits per heavy atom. The highest BCUT2D eigenvalue weighted by molar-refractivity contribution is 5.94. The summed E-state index contributed by atoms with van der Waals surface area (Å²) in [6.07, 6.45) is 0.556. The van der Waals surface area contributed by atoms with Crippen LogP contribution in [-0.2, 0) is 6.61 Å². The van der Waals surface area contributed by atoms with Crippen LogP contribution in [0.5, 0.6) is 0 Å². The fraction of sp³-hybridized carbons (Fsp3) is 0.364. The predicted octanol–water partition coefficient (Wildman–Crippen LogP) is 0.291. The second-order valence-corrected chi connectivity index (χ2v) is 3.19. The summed E-state index contributed by atoms with van der Waals surface area (Å²) in [7, 11) is 0. The monoisotopic (exact) mass is 209 g/mol. The Labute approximate surface area is 88.6 Å². The summed E-state index contributed by atoms with van der Waals surface area (Å²) in [6, 6.07) is 6.75. The van der Waals surface area contributed by atoms with E-state index in [0.717, 1.165) is 5.56 Å². The van der Waals surface area contributed by atoms with Gasteiger partial charge in [0.25, 0.3) is 5.91 Å². The van der Waals surface area contributed by atoms with Gasteiger partial charge in [0.2, 0.25) is 0 Å². The molecule has 1 rings (SSSR count). The molecule has 3 N–H and O–H groups in total. The number of aliphatic hydroxyl groups excluding tert-OH is 2. The topological polar surface area (TPSA) is 69.6 Å². The molecule has 1 amide bonds. The molecule has 1 aromatic carbocycles. The van der Waals surface area contributed by atoms with Gasteiger partial charge in [-0.1, -0.05) is 12.1 Å². The molecule has 0 spiro atoms. The molecule has 82 valence electrons. The molecule has 0 aliphatic rings. The quantitative estimate of drug-likeness (QED) is 0.610. The molecule has 0 aromatic heterocycles. The van der Waals surface area contributed by atoms with Crippen molar-refractivity contribution in [1.82, 2.24) is 5.32 Å². The molecule has 15 heavy (non-hydrogen) atoms. The fourth-order valence-electron chi connectivity index (χ4n) is 1.14. The van der Waals surface area contributed by atoms with Crippen LogP contribution in [0.1, 0.15) is 22.3 Å². The van der Waals surface area contributed by atoms with Gasteiger partial charge in [0.05, 0.1) is 6.61 Å². The summed E-state index contributed by atoms with van der Waals surface area (Å²) in [6.45, 7) is 0.521. The third kappa shape index (κ3) is 3.69. The van der Waals surface area contributed by atoms with Gasteiger partial charge in [0.15, 0.2) is 0 Å². The van der Waals surface area contributed by atoms with E-state index in [0.29, 0.717) is 18.5 Å². The minimum Gasteiger partial charge on any atom is -0.396 e. The SMILES string of the molecule is O=C(NCCCO)c1ccc(CO)cc1. The number of amides is 1. The van der Waals surface area contributed by atoms with Crippen LogP contribution in [0.25, 0.3) is 0 Å². The lowest BCUT2D eigenvalue weighted by Gasteiger charge is -2.04. The molecule has 4 heteroatoms. The van der Waals surface area contributed by atoms with Crippen molar-refractivity contribution in [3.05, 3.63) is 35.4 Å². The Bertz CT molecular complexity index is 308. The van der Waals surface area contributed by atoms with E-state index in [4.69, 9.17) is 10.2 Å². The smallest absolute Gasteiger partial charge is 0.251 e. The van der Waals surface area contributed by atoms with Gasteiger partial charge in [-0.15, -0.1) is 0 Å². The molecule has 0 aliphatic heterocycles. The number of hydrogen-bond donors (Lipinski definition) is 3. The van der Waals surface area contributed by atoms with Crippen molar-refractivity contribution < 1.29 is 15.0 Å². The average Bonchev–Trinajstić information content (AvgIpc) is 2.29. The molecule has 0 aliphatic carbocycles. The molecule has 0 saturated heterocycles. The highest BCUT2D eigenvalue weighted by Gasteiger charge is 2.03. The van der Waals surface area contributed by atoms with Crippen molar-refractivity contribution in [2.24, 2.45) is 0 Å². The number of rotatable bonds is 5. The van der Waals surface area contributed by atoms with E-state index in [1.807, 2.05) is 0 Å². The molecule has 4 nitrogen and oxygen atoms in total. The van der Waals surface area contributed by atoms with Gasteiger partial charge in [-0.3, -0.25) is 4.79 Å². The average molecular weight is 209 g/mol. The number of benzene rings is 1. The zero-order valence-corrected chi connectivity index (χ0v) is 8.44. The summed E-state index contributed by atoms with van der Waals surface area (Å²) in [4.78, 5) is 11.5. The normalized spacial score (nSPS) is 10.0. The first-order chi connectivity index (χ1) is 7.27. The summed E-state index contributed by atoms with van der Waals surface area (Å²) < 4.78 is 0. The predicted molar refractivity (Wildman–Crippen MR) is 56.4 cm³/mol. The largest absolute Gasteiger partial charge is 0.396 e. The molecule has 0 heterocycles. The first-order valence-corrected chi connectivity index (χ1v) is 4.87. The second-order valence-electron chi connectivity index (χ2n) is 3.19. The number of carbonyl (C=O) groups is 1. The molecule has 0 fully saturated rings. The summed E-state index contributed by atoms with van der Waals surface area (Å²) in [5.74, 6) is -0.159. The van der Waals surface area contributed by atoms with Crippen LogP contribution >= 0.6 is 0 Å². The van der Waals surface area contributed by atoms with Crippen molar-refractivity contribution in [2.45, 2.75) is 13.0 Å². The molecular formula is C11H15NO3. The van der Waals surface area contributed by atoms with Crippen LogP contribution in [-0.4, -0.2) is 29.3 Å². The van der Waals surface area contributed by atoms with Crippen molar-refractivity contribution in [1.29, 1.82) is 0 Å². The molecule has 0 radical (unpaired) electrons. The van der Waals surface area contributed by atoms with Crippen LogP contribution in [0, 0.1) is 0 Å². The maximum absolute atomic E-state index is 11.5. The van der Waals surface area contributed by atoms with Crippen molar-refractivity contribution in [2.75, 3.05) is 13.2 Å². The first kappa shape index (κ1) is 11.7. The minimum absolute atomic E-state index is 0.0214. The Morgan fingerprint density at radius 3 is 2.40 bits per heavy atom. The Balaban J connectivity index is 2.50. The van der Waals surface area contributed by atoms with E-state index in [9.17, 15) is 4.79 Å². The first-order valence-electron chi connectivity index (χ1n) is 4.87. The van der Waals surface area contributed by atoms with Crippen LogP contribution in [0.2, 0.25) is 0 Å². The highest BCUT2D eigenvalue weighted by Crippen LogP contribution is 2.03. The lowest BCUT2D eigenvalue weighted by molar-refractivity contribution is 0.0951. The van der Waals surface area contributed by atoms with Crippen LogP contribution in [0.15, 0.2) is 24.3 Å². The van der Waals surface area contributed by atoms with Gasteiger partial charge in [0.1, 0.15) is 0 Å². The molecule has 0 bridgehead atoms. The third-order valence-electron chi connectivity index (χ3n) is 2.02. The van der Waals surface area contributed by atoms with E-state index in [-0.39, 0.29) is 19.1 Å². The van der Waals surface area contributed by atoms with Gasteiger partial charge >= 0.3 is 0 Å². The Kier molecular flexibility index (Phi) is 4.80. The maximum Gasteiger partial charge on any atom is 0.251 e. The summed E-state index contributed by atoms with van der Waals surface area (Å²) >= 11 is 0. The van der Waals surface area contributed by atoms with Gasteiger partial charge in [0, 0.05) is 18.7 Å². The lowest BCUT2D eigenvalue weighted by Crippen LogP contribution is -2.24. The number of carbonyl (C=O) groups excluding carboxylic acids is 1. The Morgan fingerprint density at radius 2 is 1.87 bits per heavy atom. The van der Waals surface area contributed by atoms with Crippen LogP contribution < -0.4 is 5.32 Å². The Hall–Kier alpha value is -1.39. The fourth-order valence-corrected chi connectivity index (χ4v) is 1.14. The van der Waals surface area contributed by atoms with E-state index in [1.165, 1.54) is 0 Å². The zero-order valence-electron chi connectivity index (χ0n) is 8.44. The molecule has 1 aromatic rings. The van der Waals surface area contributed by atoms with Crippen LogP contribution in [0.4, 0.5) is 0 Å². The van der Waals surface area contributed by atoms with Crippen molar-refractivity contribution >= 4 is 5.91 Å². The highest BCUT2D eigenvalue weighted by atomic mass is 16.3. The summed E-state index contributed by atoms with van der Waals surface area (Å²) in [5.41, 5.74) is 1.34. The standard InChI is InChI=1S/C11H15NO3/c13-7-1-6-12-11(15)10-4-2-9(8-14)3-5-10/h2-5,13-14H,1,6-8H2,(H,12,15). The number of hydrogen-bond acceptors (Lipinski definition) is 3. The minimum atomic E-state index is -0.159. The molecule has 0 atom stereocenters. The lowest BCUT2D eigenvalue weighted by atomic mass is 10.1. The van der Waals surface area contributed by atoms with E-state index >= 15 is 0 Å². The van der Waals surface area contributed by atoms with E-state index < -0.39 is 0 Å². The van der Waals surface area contributed by atoms with Gasteiger partial charge < -0.3 is 15.5 Å². The maximum atomic E-state index is 11.5. The number of aliphatic hydroxyl groups is 2. The molecule has 0 unspecified atom stereocenters. The van der Waals surface area contributed by atoms with E-state index in [1.54, 1.807) is 24.3 Å².